The van der Waals surface area contributed by atoms with E-state index < -0.39 is 17.9 Å². The van der Waals surface area contributed by atoms with Gasteiger partial charge >= 0.3 is 5.97 Å². The molecule has 2 aromatic carbocycles. The van der Waals surface area contributed by atoms with E-state index in [1.807, 2.05) is 24.3 Å². The van der Waals surface area contributed by atoms with Gasteiger partial charge in [-0.25, -0.2) is 9.78 Å². The average Bonchev–Trinajstić information content (AvgIpc) is 3.07. The summed E-state index contributed by atoms with van der Waals surface area (Å²) in [5.74, 6) is -1.30. The molecule has 0 fully saturated rings. The fourth-order valence-electron chi connectivity index (χ4n) is 3.53. The predicted octanol–water partition coefficient (Wildman–Crippen LogP) is 1.67. The number of benzene rings is 2. The first-order valence-corrected chi connectivity index (χ1v) is 9.40. The van der Waals surface area contributed by atoms with Crippen molar-refractivity contribution in [1.29, 1.82) is 0 Å². The van der Waals surface area contributed by atoms with Gasteiger partial charge in [-0.3, -0.25) is 9.59 Å². The Morgan fingerprint density at radius 2 is 2.03 bits per heavy atom. The highest BCUT2D eigenvalue weighted by Crippen LogP contribution is 2.25. The lowest BCUT2D eigenvalue weighted by atomic mass is 10.1. The zero-order valence-electron chi connectivity index (χ0n) is 16.5. The maximum atomic E-state index is 12.9. The summed E-state index contributed by atoms with van der Waals surface area (Å²) in [6, 6.07) is 11.2. The van der Waals surface area contributed by atoms with Gasteiger partial charge in [0, 0.05) is 31.9 Å². The van der Waals surface area contributed by atoms with Crippen LogP contribution in [-0.2, 0) is 22.7 Å². The molecule has 1 aromatic heterocycles. The monoisotopic (exact) mass is 407 g/mol. The minimum absolute atomic E-state index is 0.203. The summed E-state index contributed by atoms with van der Waals surface area (Å²) in [5.41, 5.74) is 3.40. The molecule has 1 aliphatic rings. The Kier molecular flexibility index (Phi) is 4.86. The van der Waals surface area contributed by atoms with Crippen LogP contribution < -0.4 is 5.32 Å². The van der Waals surface area contributed by atoms with Gasteiger partial charge in [0.25, 0.3) is 11.8 Å². The molecule has 2 heterocycles. The van der Waals surface area contributed by atoms with Crippen molar-refractivity contribution >= 4 is 34.5 Å². The van der Waals surface area contributed by atoms with Gasteiger partial charge < -0.3 is 25.2 Å². The Hall–Kier alpha value is -3.88. The van der Waals surface area contributed by atoms with Gasteiger partial charge in [0.1, 0.15) is 5.82 Å². The number of aromatic nitrogens is 2. The molecule has 0 saturated carbocycles. The normalized spacial score (nSPS) is 16.0. The van der Waals surface area contributed by atoms with Crippen molar-refractivity contribution in [3.05, 3.63) is 59.4 Å². The van der Waals surface area contributed by atoms with Crippen molar-refractivity contribution in [2.45, 2.75) is 19.1 Å². The van der Waals surface area contributed by atoms with Gasteiger partial charge in [-0.2, -0.15) is 0 Å². The Morgan fingerprint density at radius 3 is 2.77 bits per heavy atom. The van der Waals surface area contributed by atoms with Gasteiger partial charge in [-0.15, -0.1) is 0 Å². The van der Waals surface area contributed by atoms with Crippen LogP contribution in [0.25, 0.3) is 11.0 Å². The first-order valence-electron chi connectivity index (χ1n) is 9.40. The van der Waals surface area contributed by atoms with Crippen LogP contribution in [0.2, 0.25) is 0 Å². The Morgan fingerprint density at radius 1 is 1.27 bits per heavy atom. The number of imidazole rings is 1. The third-order valence-corrected chi connectivity index (χ3v) is 5.10. The third kappa shape index (κ3) is 3.57. The average molecular weight is 407 g/mol. The van der Waals surface area contributed by atoms with E-state index in [9.17, 15) is 19.5 Å². The van der Waals surface area contributed by atoms with Gasteiger partial charge in [0.15, 0.2) is 0 Å². The lowest BCUT2D eigenvalue weighted by Crippen LogP contribution is -2.43. The number of nitrogens with one attached hydrogen (secondary N) is 2. The Balaban J connectivity index is 1.55. The van der Waals surface area contributed by atoms with Crippen LogP contribution in [0.1, 0.15) is 21.7 Å². The maximum Gasteiger partial charge on any atom is 0.336 e. The standard InChI is InChI=1S/C21H21N5O4/c1-25-10-13-9-12(7-8-14(13)24-18(20(25)28)21(29)30)19(27)26(2)11-17-22-15-5-3-4-6-16(15)23-17/h3-9,18,24H,10-11H2,1-2H3,(H,22,23)(H,29,30)/t18-/m1/s1. The molecule has 9 heteroatoms. The molecule has 2 amide bonds. The summed E-state index contributed by atoms with van der Waals surface area (Å²) in [5, 5.41) is 12.1. The van der Waals surface area contributed by atoms with Crippen LogP contribution in [-0.4, -0.2) is 62.8 Å². The summed E-state index contributed by atoms with van der Waals surface area (Å²) in [6.07, 6.45) is 0. The largest absolute Gasteiger partial charge is 0.479 e. The molecular weight excluding hydrogens is 386 g/mol. The number of likely N-dealkylation sites (N-methyl/N-ethyl adjacent to an activating group) is 1. The number of carbonyl (C=O) groups is 3. The third-order valence-electron chi connectivity index (χ3n) is 5.10. The van der Waals surface area contributed by atoms with E-state index in [2.05, 4.69) is 15.3 Å². The lowest BCUT2D eigenvalue weighted by molar-refractivity contribution is -0.145. The molecule has 0 saturated heterocycles. The van der Waals surface area contributed by atoms with Crippen LogP contribution in [0.3, 0.4) is 0 Å². The molecule has 9 nitrogen and oxygen atoms in total. The number of hydrogen-bond donors (Lipinski definition) is 3. The van der Waals surface area contributed by atoms with E-state index in [-0.39, 0.29) is 12.5 Å². The molecular formula is C21H21N5O4. The van der Waals surface area contributed by atoms with E-state index in [4.69, 9.17) is 0 Å². The fraction of sp³-hybridized carbons (Fsp3) is 0.238. The topological polar surface area (TPSA) is 119 Å². The van der Waals surface area contributed by atoms with Crippen molar-refractivity contribution in [1.82, 2.24) is 19.8 Å². The lowest BCUT2D eigenvalue weighted by Gasteiger charge is -2.18. The number of rotatable bonds is 4. The number of aliphatic carboxylic acids is 1. The molecule has 3 N–H and O–H groups in total. The van der Waals surface area contributed by atoms with Crippen LogP contribution in [0.5, 0.6) is 0 Å². The molecule has 0 radical (unpaired) electrons. The molecule has 30 heavy (non-hydrogen) atoms. The quantitative estimate of drug-likeness (QED) is 0.566. The number of fused-ring (bicyclic) bond motifs is 2. The summed E-state index contributed by atoms with van der Waals surface area (Å²) >= 11 is 0. The molecule has 0 aliphatic carbocycles. The highest BCUT2D eigenvalue weighted by molar-refractivity contribution is 6.04. The zero-order valence-corrected chi connectivity index (χ0v) is 16.5. The molecule has 154 valence electrons. The molecule has 3 aromatic rings. The first-order chi connectivity index (χ1) is 14.3. The number of carbonyl (C=O) groups excluding carboxylic acids is 2. The highest BCUT2D eigenvalue weighted by Gasteiger charge is 2.33. The van der Waals surface area contributed by atoms with Crippen molar-refractivity contribution in [2.75, 3.05) is 19.4 Å². The highest BCUT2D eigenvalue weighted by atomic mass is 16.4. The van der Waals surface area contributed by atoms with Crippen molar-refractivity contribution in [3.63, 3.8) is 0 Å². The number of aromatic amines is 1. The Bertz CT molecular complexity index is 1120. The van der Waals surface area contributed by atoms with Crippen LogP contribution >= 0.6 is 0 Å². The van der Waals surface area contributed by atoms with E-state index >= 15 is 0 Å². The number of para-hydroxylation sites is 2. The number of carboxylic acids is 1. The van der Waals surface area contributed by atoms with E-state index in [1.54, 1.807) is 30.1 Å². The number of anilines is 1. The van der Waals surface area contributed by atoms with Gasteiger partial charge in [-0.1, -0.05) is 12.1 Å². The number of carboxylic acid groups (broad SMARTS) is 1. The molecule has 4 rings (SSSR count). The summed E-state index contributed by atoms with van der Waals surface area (Å²) in [4.78, 5) is 47.2. The minimum atomic E-state index is -1.35. The number of nitrogens with zero attached hydrogens (tertiary/aromatic N) is 3. The second kappa shape index (κ2) is 7.51. The molecule has 1 aliphatic heterocycles. The second-order valence-electron chi connectivity index (χ2n) is 7.34. The predicted molar refractivity (Wildman–Crippen MR) is 110 cm³/mol. The number of H-pyrrole nitrogens is 1. The number of hydrogen-bond acceptors (Lipinski definition) is 5. The van der Waals surface area contributed by atoms with Gasteiger partial charge in [0.2, 0.25) is 6.04 Å². The summed E-state index contributed by atoms with van der Waals surface area (Å²) < 4.78 is 0. The van der Waals surface area contributed by atoms with Gasteiger partial charge in [-0.05, 0) is 35.9 Å². The van der Waals surface area contributed by atoms with E-state index in [0.717, 1.165) is 11.0 Å². The SMILES string of the molecule is CN(Cc1nc2ccccc2[nH]1)C(=O)c1ccc2c(c1)CN(C)C(=O)[C@H](C(=O)O)N2. The minimum Gasteiger partial charge on any atom is -0.479 e. The van der Waals surface area contributed by atoms with Crippen molar-refractivity contribution in [2.24, 2.45) is 0 Å². The first kappa shape index (κ1) is 19.4. The molecule has 0 bridgehead atoms. The van der Waals surface area contributed by atoms with Crippen LogP contribution in [0.15, 0.2) is 42.5 Å². The van der Waals surface area contributed by atoms with Crippen LogP contribution in [0.4, 0.5) is 5.69 Å². The smallest absolute Gasteiger partial charge is 0.336 e. The molecule has 0 unspecified atom stereocenters. The maximum absolute atomic E-state index is 12.9. The van der Waals surface area contributed by atoms with E-state index in [0.29, 0.717) is 29.2 Å². The summed E-state index contributed by atoms with van der Waals surface area (Å²) in [7, 11) is 3.23. The molecule has 0 spiro atoms. The van der Waals surface area contributed by atoms with Crippen molar-refractivity contribution in [3.8, 4) is 0 Å². The fourth-order valence-corrected chi connectivity index (χ4v) is 3.53. The zero-order chi connectivity index (χ0) is 21.4. The van der Waals surface area contributed by atoms with E-state index in [1.165, 1.54) is 11.9 Å². The van der Waals surface area contributed by atoms with Gasteiger partial charge in [0.05, 0.1) is 17.6 Å². The second-order valence-corrected chi connectivity index (χ2v) is 7.34. The number of amides is 2. The summed E-state index contributed by atoms with van der Waals surface area (Å²) in [6.45, 7) is 0.516. The van der Waals surface area contributed by atoms with Crippen molar-refractivity contribution < 1.29 is 19.5 Å². The molecule has 1 atom stereocenters. The van der Waals surface area contributed by atoms with Crippen LogP contribution in [0, 0.1) is 0 Å². The Labute approximate surface area is 172 Å².